The molecule has 0 aromatic heterocycles. The topological polar surface area (TPSA) is 69.6 Å². The minimum atomic E-state index is -0.938. The largest absolute Gasteiger partial charge is 0.478 e. The molecule has 3 N–H and O–H groups in total. The van der Waals surface area contributed by atoms with Crippen molar-refractivity contribution in [3.05, 3.63) is 29.3 Å². The highest BCUT2D eigenvalue weighted by Gasteiger charge is 2.33. The fourth-order valence-corrected chi connectivity index (χ4v) is 2.60. The van der Waals surface area contributed by atoms with Crippen molar-refractivity contribution in [1.82, 2.24) is 0 Å². The highest BCUT2D eigenvalue weighted by Crippen LogP contribution is 2.34. The zero-order chi connectivity index (χ0) is 13.2. The van der Waals surface area contributed by atoms with Gasteiger partial charge in [0.2, 0.25) is 0 Å². The molecule has 0 amide bonds. The molecule has 1 fully saturated rings. The summed E-state index contributed by atoms with van der Waals surface area (Å²) < 4.78 is 0. The molecule has 0 atom stereocenters. The molecular weight excluding hydrogens is 230 g/mol. The molecule has 0 saturated heterocycles. The van der Waals surface area contributed by atoms with Crippen LogP contribution in [0.5, 0.6) is 0 Å². The lowest BCUT2D eigenvalue weighted by Crippen LogP contribution is -2.39. The molecule has 0 radical (unpaired) electrons. The maximum absolute atomic E-state index is 11.2. The van der Waals surface area contributed by atoms with Crippen molar-refractivity contribution in [3.8, 4) is 0 Å². The average Bonchev–Trinajstić information content (AvgIpc) is 2.80. The first-order chi connectivity index (χ1) is 8.56. The predicted molar refractivity (Wildman–Crippen MR) is 70.0 cm³/mol. The lowest BCUT2D eigenvalue weighted by Gasteiger charge is -2.30. The molecule has 1 aromatic carbocycles. The molecule has 0 bridgehead atoms. The van der Waals surface area contributed by atoms with Gasteiger partial charge in [0, 0.05) is 5.69 Å². The van der Waals surface area contributed by atoms with Crippen LogP contribution in [0.15, 0.2) is 18.2 Å². The van der Waals surface area contributed by atoms with Crippen LogP contribution in [-0.2, 0) is 0 Å². The highest BCUT2D eigenvalue weighted by atomic mass is 16.4. The van der Waals surface area contributed by atoms with Crippen LogP contribution in [0.3, 0.4) is 0 Å². The molecule has 1 aliphatic rings. The highest BCUT2D eigenvalue weighted by molar-refractivity contribution is 5.94. The van der Waals surface area contributed by atoms with Crippen LogP contribution in [0, 0.1) is 6.92 Å². The maximum Gasteiger partial charge on any atom is 0.337 e. The molecule has 4 nitrogen and oxygen atoms in total. The van der Waals surface area contributed by atoms with Gasteiger partial charge in [0.1, 0.15) is 0 Å². The van der Waals surface area contributed by atoms with Crippen molar-refractivity contribution in [3.63, 3.8) is 0 Å². The zero-order valence-electron chi connectivity index (χ0n) is 10.6. The Morgan fingerprint density at radius 3 is 2.61 bits per heavy atom. The van der Waals surface area contributed by atoms with Gasteiger partial charge in [-0.3, -0.25) is 0 Å². The first-order valence-electron chi connectivity index (χ1n) is 6.29. The van der Waals surface area contributed by atoms with Crippen LogP contribution in [-0.4, -0.2) is 28.3 Å². The van der Waals surface area contributed by atoms with Gasteiger partial charge < -0.3 is 15.5 Å². The summed E-state index contributed by atoms with van der Waals surface area (Å²) in [5.74, 6) is -0.938. The van der Waals surface area contributed by atoms with Crippen LogP contribution in [0.2, 0.25) is 0 Å². The second kappa shape index (κ2) is 4.98. The number of hydrogen-bond acceptors (Lipinski definition) is 3. The summed E-state index contributed by atoms with van der Waals surface area (Å²) in [6, 6.07) is 5.33. The third-order valence-corrected chi connectivity index (χ3v) is 3.67. The van der Waals surface area contributed by atoms with E-state index in [1.807, 2.05) is 13.0 Å². The molecule has 1 aliphatic carbocycles. The first kappa shape index (κ1) is 12.9. The van der Waals surface area contributed by atoms with Crippen LogP contribution in [0.4, 0.5) is 5.69 Å². The van der Waals surface area contributed by atoms with E-state index in [0.29, 0.717) is 5.69 Å². The molecule has 0 heterocycles. The Balaban J connectivity index is 2.30. The molecule has 98 valence electrons. The van der Waals surface area contributed by atoms with E-state index in [0.717, 1.165) is 31.2 Å². The van der Waals surface area contributed by atoms with Crippen molar-refractivity contribution in [2.75, 3.05) is 11.9 Å². The van der Waals surface area contributed by atoms with Gasteiger partial charge in [-0.05, 0) is 31.9 Å². The van der Waals surface area contributed by atoms with Crippen LogP contribution < -0.4 is 5.32 Å². The lowest BCUT2D eigenvalue weighted by atomic mass is 9.97. The number of carboxylic acids is 1. The summed E-state index contributed by atoms with van der Waals surface area (Å²) in [5, 5.41) is 22.0. The van der Waals surface area contributed by atoms with Gasteiger partial charge in [-0.2, -0.15) is 0 Å². The van der Waals surface area contributed by atoms with E-state index in [1.165, 1.54) is 0 Å². The third-order valence-electron chi connectivity index (χ3n) is 3.67. The Kier molecular flexibility index (Phi) is 3.57. The Labute approximate surface area is 107 Å². The number of aromatic carboxylic acids is 1. The summed E-state index contributed by atoms with van der Waals surface area (Å²) >= 11 is 0. The molecule has 1 aromatic rings. The van der Waals surface area contributed by atoms with Gasteiger partial charge in [0.25, 0.3) is 0 Å². The fraction of sp³-hybridized carbons (Fsp3) is 0.500. The molecule has 18 heavy (non-hydrogen) atoms. The number of rotatable bonds is 4. The molecule has 4 heteroatoms. The first-order valence-corrected chi connectivity index (χ1v) is 6.29. The SMILES string of the molecule is Cc1ccc(NC2(CO)CCCC2)c(C(=O)O)c1. The summed E-state index contributed by atoms with van der Waals surface area (Å²) in [6.45, 7) is 1.91. The number of aliphatic hydroxyl groups excluding tert-OH is 1. The Bertz CT molecular complexity index is 450. The fourth-order valence-electron chi connectivity index (χ4n) is 2.60. The summed E-state index contributed by atoms with van der Waals surface area (Å²) in [4.78, 5) is 11.2. The van der Waals surface area contributed by atoms with Gasteiger partial charge in [0.05, 0.1) is 17.7 Å². The smallest absolute Gasteiger partial charge is 0.337 e. The molecule has 0 unspecified atom stereocenters. The number of aliphatic hydroxyl groups is 1. The number of nitrogens with one attached hydrogen (secondary N) is 1. The van der Waals surface area contributed by atoms with Crippen molar-refractivity contribution in [2.24, 2.45) is 0 Å². The number of anilines is 1. The van der Waals surface area contributed by atoms with E-state index in [-0.39, 0.29) is 17.7 Å². The molecular formula is C14H19NO3. The van der Waals surface area contributed by atoms with Crippen LogP contribution in [0.1, 0.15) is 41.6 Å². The van der Waals surface area contributed by atoms with Crippen LogP contribution >= 0.6 is 0 Å². The lowest BCUT2D eigenvalue weighted by molar-refractivity contribution is 0.0697. The number of carboxylic acid groups (broad SMARTS) is 1. The number of hydrogen-bond donors (Lipinski definition) is 3. The minimum absolute atomic E-state index is 0.0416. The van der Waals surface area contributed by atoms with E-state index in [2.05, 4.69) is 5.32 Å². The normalized spacial score (nSPS) is 17.7. The summed E-state index contributed by atoms with van der Waals surface area (Å²) in [5.41, 5.74) is 1.45. The molecule has 0 spiro atoms. The van der Waals surface area contributed by atoms with E-state index in [1.54, 1.807) is 12.1 Å². The van der Waals surface area contributed by atoms with Gasteiger partial charge in [-0.1, -0.05) is 24.5 Å². The number of benzene rings is 1. The van der Waals surface area contributed by atoms with Crippen molar-refractivity contribution in [1.29, 1.82) is 0 Å². The van der Waals surface area contributed by atoms with Gasteiger partial charge in [-0.15, -0.1) is 0 Å². The number of carbonyl (C=O) groups is 1. The summed E-state index contributed by atoms with van der Waals surface area (Å²) in [6.07, 6.45) is 3.91. The Hall–Kier alpha value is -1.55. The number of aryl methyl sites for hydroxylation is 1. The monoisotopic (exact) mass is 249 g/mol. The Morgan fingerprint density at radius 2 is 2.06 bits per heavy atom. The molecule has 2 rings (SSSR count). The standard InChI is InChI=1S/C14H19NO3/c1-10-4-5-12(11(8-10)13(17)18)15-14(9-16)6-2-3-7-14/h4-5,8,15-16H,2-3,6-7,9H2,1H3,(H,17,18). The van der Waals surface area contributed by atoms with E-state index in [9.17, 15) is 15.0 Å². The Morgan fingerprint density at radius 1 is 1.39 bits per heavy atom. The van der Waals surface area contributed by atoms with Crippen LogP contribution in [0.25, 0.3) is 0 Å². The quantitative estimate of drug-likeness (QED) is 0.766. The van der Waals surface area contributed by atoms with E-state index >= 15 is 0 Å². The average molecular weight is 249 g/mol. The van der Waals surface area contributed by atoms with Crippen molar-refractivity contribution >= 4 is 11.7 Å². The predicted octanol–water partition coefficient (Wildman–Crippen LogP) is 2.41. The van der Waals surface area contributed by atoms with Crippen molar-refractivity contribution in [2.45, 2.75) is 38.1 Å². The van der Waals surface area contributed by atoms with E-state index < -0.39 is 5.97 Å². The van der Waals surface area contributed by atoms with Gasteiger partial charge in [-0.25, -0.2) is 4.79 Å². The minimum Gasteiger partial charge on any atom is -0.478 e. The van der Waals surface area contributed by atoms with E-state index in [4.69, 9.17) is 0 Å². The second-order valence-corrected chi connectivity index (χ2v) is 5.12. The maximum atomic E-state index is 11.2. The molecule has 0 aliphatic heterocycles. The van der Waals surface area contributed by atoms with Gasteiger partial charge in [0.15, 0.2) is 0 Å². The molecule has 1 saturated carbocycles. The third kappa shape index (κ3) is 2.48. The summed E-state index contributed by atoms with van der Waals surface area (Å²) in [7, 11) is 0. The van der Waals surface area contributed by atoms with Crippen molar-refractivity contribution < 1.29 is 15.0 Å². The second-order valence-electron chi connectivity index (χ2n) is 5.12. The zero-order valence-corrected chi connectivity index (χ0v) is 10.6. The van der Waals surface area contributed by atoms with Gasteiger partial charge >= 0.3 is 5.97 Å².